The molecule has 3 nitrogen and oxygen atoms in total. The van der Waals surface area contributed by atoms with E-state index in [2.05, 4.69) is 80.8 Å². The number of aryl methyl sites for hydroxylation is 2. The molecule has 4 rings (SSSR count). The Kier molecular flexibility index (Phi) is 5.27. The number of benzene rings is 2. The van der Waals surface area contributed by atoms with Gasteiger partial charge in [-0.1, -0.05) is 45.0 Å². The van der Waals surface area contributed by atoms with Crippen molar-refractivity contribution in [1.29, 1.82) is 0 Å². The Labute approximate surface area is 169 Å². The zero-order valence-electron chi connectivity index (χ0n) is 17.0. The fraction of sp³-hybridized carbons (Fsp3) is 0.435. The lowest BCUT2D eigenvalue weighted by Gasteiger charge is -2.27. The lowest BCUT2D eigenvalue weighted by atomic mass is 9.87. The fourth-order valence-corrected chi connectivity index (χ4v) is 3.83. The third-order valence-corrected chi connectivity index (χ3v) is 5.61. The maximum Gasteiger partial charge on any atom is 0.206 e. The lowest BCUT2D eigenvalue weighted by Crippen LogP contribution is -2.41. The molecule has 0 fully saturated rings. The van der Waals surface area contributed by atoms with Crippen LogP contribution in [0.2, 0.25) is 0 Å². The number of guanidine groups is 1. The first-order chi connectivity index (χ1) is 12.3. The maximum atomic E-state index is 4.87. The van der Waals surface area contributed by atoms with Gasteiger partial charge in [-0.15, -0.1) is 12.4 Å². The van der Waals surface area contributed by atoms with Crippen LogP contribution in [0, 0.1) is 13.8 Å². The molecule has 0 N–H and O–H groups in total. The van der Waals surface area contributed by atoms with Gasteiger partial charge < -0.3 is 9.80 Å². The summed E-state index contributed by atoms with van der Waals surface area (Å²) in [5.41, 5.74) is 8.22. The monoisotopic (exact) mass is 383 g/mol. The number of aliphatic imine (C=N–C) groups is 1. The molecule has 2 heterocycles. The third kappa shape index (κ3) is 3.58. The van der Waals surface area contributed by atoms with E-state index < -0.39 is 0 Å². The Morgan fingerprint density at radius 1 is 0.963 bits per heavy atom. The number of rotatable bonds is 2. The van der Waals surface area contributed by atoms with Gasteiger partial charge in [-0.25, -0.2) is 0 Å². The highest BCUT2D eigenvalue weighted by atomic mass is 35.5. The molecule has 4 heteroatoms. The van der Waals surface area contributed by atoms with E-state index in [4.69, 9.17) is 4.99 Å². The van der Waals surface area contributed by atoms with Crippen LogP contribution in [-0.2, 0) is 12.0 Å². The van der Waals surface area contributed by atoms with Gasteiger partial charge in [0.1, 0.15) is 0 Å². The normalized spacial score (nSPS) is 15.8. The highest BCUT2D eigenvalue weighted by Crippen LogP contribution is 2.41. The van der Waals surface area contributed by atoms with Crippen LogP contribution in [-0.4, -0.2) is 19.0 Å². The Morgan fingerprint density at radius 3 is 2.22 bits per heavy atom. The van der Waals surface area contributed by atoms with Crippen molar-refractivity contribution in [1.82, 2.24) is 0 Å². The minimum absolute atomic E-state index is 0. The molecular weight excluding hydrogens is 354 g/mol. The number of anilines is 2. The summed E-state index contributed by atoms with van der Waals surface area (Å²) in [4.78, 5) is 9.66. The average molecular weight is 384 g/mol. The summed E-state index contributed by atoms with van der Waals surface area (Å²) >= 11 is 0. The van der Waals surface area contributed by atoms with Crippen LogP contribution in [0.5, 0.6) is 0 Å². The summed E-state index contributed by atoms with van der Waals surface area (Å²) in [5, 5.41) is 0. The molecule has 2 aromatic carbocycles. The van der Waals surface area contributed by atoms with Gasteiger partial charge in [0.25, 0.3) is 0 Å². The Hall–Kier alpha value is -2.00. The number of hydrogen-bond acceptors (Lipinski definition) is 3. The summed E-state index contributed by atoms with van der Waals surface area (Å²) in [7, 11) is 0. The summed E-state index contributed by atoms with van der Waals surface area (Å²) in [6.07, 6.45) is 1.13. The average Bonchev–Trinajstić information content (AvgIpc) is 2.89. The van der Waals surface area contributed by atoms with Crippen molar-refractivity contribution < 1.29 is 0 Å². The van der Waals surface area contributed by atoms with Gasteiger partial charge in [0.05, 0.1) is 17.9 Å². The van der Waals surface area contributed by atoms with Crippen LogP contribution < -0.4 is 9.80 Å². The van der Waals surface area contributed by atoms with Gasteiger partial charge in [-0.3, -0.25) is 4.99 Å². The van der Waals surface area contributed by atoms with Crippen LogP contribution >= 0.6 is 12.4 Å². The first-order valence-corrected chi connectivity index (χ1v) is 9.65. The first-order valence-electron chi connectivity index (χ1n) is 9.65. The number of hydrogen-bond donors (Lipinski definition) is 0. The number of fused-ring (bicyclic) bond motifs is 3. The minimum atomic E-state index is 0. The van der Waals surface area contributed by atoms with Gasteiger partial charge in [-0.2, -0.15) is 0 Å². The molecular formula is C23H30ClN3. The molecule has 27 heavy (non-hydrogen) atoms. The molecule has 2 aromatic rings. The molecule has 0 radical (unpaired) electrons. The molecule has 2 aliphatic rings. The standard InChI is InChI=1S/C23H29N3.ClH/c1-16-13-20-21(14-17(16)2)26(22-24-11-6-12-25(20)22)15-18-7-9-19(10-8-18)23(3,4)5;/h7-10,13-14H,6,11-12,15H2,1-5H3;1H. The summed E-state index contributed by atoms with van der Waals surface area (Å²) < 4.78 is 0. The highest BCUT2D eigenvalue weighted by molar-refractivity contribution is 6.16. The van der Waals surface area contributed by atoms with E-state index in [1.807, 2.05) is 0 Å². The van der Waals surface area contributed by atoms with Crippen LogP contribution in [0.4, 0.5) is 11.4 Å². The molecule has 0 aliphatic carbocycles. The zero-order chi connectivity index (χ0) is 18.5. The topological polar surface area (TPSA) is 18.8 Å². The minimum Gasteiger partial charge on any atom is -0.310 e. The predicted molar refractivity (Wildman–Crippen MR) is 119 cm³/mol. The Balaban J connectivity index is 0.00000210. The molecule has 0 bridgehead atoms. The van der Waals surface area contributed by atoms with Crippen LogP contribution in [0.25, 0.3) is 0 Å². The molecule has 2 aliphatic heterocycles. The summed E-state index contributed by atoms with van der Waals surface area (Å²) in [6, 6.07) is 13.7. The number of halogens is 1. The second-order valence-corrected chi connectivity index (χ2v) is 8.65. The van der Waals surface area contributed by atoms with Crippen LogP contribution in [0.1, 0.15) is 49.4 Å². The van der Waals surface area contributed by atoms with Crippen molar-refractivity contribution >= 4 is 29.7 Å². The molecule has 0 aromatic heterocycles. The van der Waals surface area contributed by atoms with Gasteiger partial charge in [0, 0.05) is 13.1 Å². The van der Waals surface area contributed by atoms with E-state index in [1.165, 1.54) is 33.6 Å². The van der Waals surface area contributed by atoms with Gasteiger partial charge in [0.15, 0.2) is 0 Å². The Morgan fingerprint density at radius 2 is 1.59 bits per heavy atom. The third-order valence-electron chi connectivity index (χ3n) is 5.61. The summed E-state index contributed by atoms with van der Waals surface area (Å²) in [6.45, 7) is 14.0. The van der Waals surface area contributed by atoms with E-state index in [1.54, 1.807) is 0 Å². The predicted octanol–water partition coefficient (Wildman–Crippen LogP) is 5.61. The van der Waals surface area contributed by atoms with Crippen molar-refractivity contribution in [2.75, 3.05) is 22.9 Å². The maximum absolute atomic E-state index is 4.87. The second-order valence-electron chi connectivity index (χ2n) is 8.65. The van der Waals surface area contributed by atoms with Crippen molar-refractivity contribution in [3.05, 3.63) is 58.7 Å². The van der Waals surface area contributed by atoms with E-state index in [-0.39, 0.29) is 17.8 Å². The van der Waals surface area contributed by atoms with Gasteiger partial charge in [0.2, 0.25) is 5.96 Å². The highest BCUT2D eigenvalue weighted by Gasteiger charge is 2.34. The largest absolute Gasteiger partial charge is 0.310 e. The number of nitrogens with zero attached hydrogens (tertiary/aromatic N) is 3. The SMILES string of the molecule is Cc1cc2c(cc1C)N(Cc1ccc(C(C)(C)C)cc1)C1=NCCCN12.Cl. The van der Waals surface area contributed by atoms with Crippen molar-refractivity contribution in [2.24, 2.45) is 4.99 Å². The quantitative estimate of drug-likeness (QED) is 0.671. The van der Waals surface area contributed by atoms with Crippen molar-refractivity contribution in [3.63, 3.8) is 0 Å². The van der Waals surface area contributed by atoms with Gasteiger partial charge in [-0.05, 0) is 60.1 Å². The smallest absolute Gasteiger partial charge is 0.206 e. The molecule has 0 saturated heterocycles. The van der Waals surface area contributed by atoms with Crippen LogP contribution in [0.3, 0.4) is 0 Å². The van der Waals surface area contributed by atoms with Gasteiger partial charge >= 0.3 is 0 Å². The second kappa shape index (κ2) is 7.20. The molecule has 0 unspecified atom stereocenters. The Bertz CT molecular complexity index is 862. The fourth-order valence-electron chi connectivity index (χ4n) is 3.83. The first kappa shape index (κ1) is 19.8. The summed E-state index contributed by atoms with van der Waals surface area (Å²) in [5.74, 6) is 1.12. The molecule has 0 amide bonds. The lowest BCUT2D eigenvalue weighted by molar-refractivity contribution is 0.590. The zero-order valence-corrected chi connectivity index (χ0v) is 17.9. The van der Waals surface area contributed by atoms with E-state index in [0.29, 0.717) is 0 Å². The van der Waals surface area contributed by atoms with E-state index in [9.17, 15) is 0 Å². The van der Waals surface area contributed by atoms with E-state index in [0.717, 1.165) is 32.0 Å². The van der Waals surface area contributed by atoms with Crippen molar-refractivity contribution in [3.8, 4) is 0 Å². The molecule has 144 valence electrons. The molecule has 0 saturated carbocycles. The molecule has 0 spiro atoms. The molecule has 0 atom stereocenters. The van der Waals surface area contributed by atoms with Crippen molar-refractivity contribution in [2.45, 2.75) is 53.0 Å². The van der Waals surface area contributed by atoms with E-state index >= 15 is 0 Å². The van der Waals surface area contributed by atoms with Crippen LogP contribution in [0.15, 0.2) is 41.4 Å².